The topological polar surface area (TPSA) is 52.6 Å². The molecule has 0 radical (unpaired) electrons. The van der Waals surface area contributed by atoms with E-state index in [-0.39, 0.29) is 30.8 Å². The molecule has 0 spiro atoms. The van der Waals surface area contributed by atoms with Gasteiger partial charge in [-0.2, -0.15) is 0 Å². The predicted molar refractivity (Wildman–Crippen MR) is 63.4 cm³/mol. The number of carbonyl (C=O) groups excluding carboxylic acids is 1. The number of urea groups is 1. The van der Waals surface area contributed by atoms with Crippen LogP contribution in [0.1, 0.15) is 5.56 Å². The molecule has 0 fully saturated rings. The predicted octanol–water partition coefficient (Wildman–Crippen LogP) is 1.61. The Morgan fingerprint density at radius 1 is 1.59 bits per heavy atom. The number of nitrogens with zero attached hydrogens (tertiary/aromatic N) is 1. The molecular formula is C11H14ClFN2O2. The molecular weight excluding hydrogens is 247 g/mol. The van der Waals surface area contributed by atoms with Gasteiger partial charge in [-0.15, -0.1) is 0 Å². The maximum atomic E-state index is 13.1. The van der Waals surface area contributed by atoms with Crippen LogP contribution in [0.5, 0.6) is 0 Å². The van der Waals surface area contributed by atoms with Crippen molar-refractivity contribution < 1.29 is 14.3 Å². The Balaban J connectivity index is 2.56. The number of benzene rings is 1. The Kier molecular flexibility index (Phi) is 5.18. The second-order valence-electron chi connectivity index (χ2n) is 3.52. The van der Waals surface area contributed by atoms with Crippen molar-refractivity contribution >= 4 is 17.6 Å². The highest BCUT2D eigenvalue weighted by Crippen LogP contribution is 2.19. The molecule has 0 bridgehead atoms. The van der Waals surface area contributed by atoms with Crippen LogP contribution in [0.15, 0.2) is 18.2 Å². The number of aliphatic hydroxyl groups is 1. The lowest BCUT2D eigenvalue weighted by Gasteiger charge is -2.16. The van der Waals surface area contributed by atoms with Gasteiger partial charge in [-0.05, 0) is 11.6 Å². The molecule has 4 nitrogen and oxygen atoms in total. The zero-order valence-electron chi connectivity index (χ0n) is 9.41. The van der Waals surface area contributed by atoms with Crippen molar-refractivity contribution in [2.75, 3.05) is 20.2 Å². The molecule has 0 atom stereocenters. The molecule has 0 heterocycles. The van der Waals surface area contributed by atoms with E-state index in [0.29, 0.717) is 5.56 Å². The number of aliphatic hydroxyl groups excluding tert-OH is 1. The summed E-state index contributed by atoms with van der Waals surface area (Å²) in [5.41, 5.74) is 0.511. The molecule has 2 N–H and O–H groups in total. The molecule has 1 rings (SSSR count). The highest BCUT2D eigenvalue weighted by Gasteiger charge is 2.09. The van der Waals surface area contributed by atoms with Crippen LogP contribution in [0.3, 0.4) is 0 Å². The van der Waals surface area contributed by atoms with Crippen LogP contribution in [0.2, 0.25) is 5.02 Å². The number of hydrogen-bond donors (Lipinski definition) is 2. The van der Waals surface area contributed by atoms with E-state index in [4.69, 9.17) is 16.7 Å². The van der Waals surface area contributed by atoms with E-state index in [0.717, 1.165) is 0 Å². The van der Waals surface area contributed by atoms with Gasteiger partial charge in [-0.25, -0.2) is 9.18 Å². The highest BCUT2D eigenvalue weighted by atomic mass is 35.5. The van der Waals surface area contributed by atoms with Crippen molar-refractivity contribution in [3.05, 3.63) is 34.6 Å². The summed E-state index contributed by atoms with van der Waals surface area (Å²) in [7, 11) is 1.55. The van der Waals surface area contributed by atoms with Gasteiger partial charge in [0, 0.05) is 20.1 Å². The van der Waals surface area contributed by atoms with Crippen LogP contribution in [0.25, 0.3) is 0 Å². The van der Waals surface area contributed by atoms with E-state index in [1.165, 1.54) is 17.0 Å². The van der Waals surface area contributed by atoms with Crippen LogP contribution in [-0.4, -0.2) is 36.2 Å². The van der Waals surface area contributed by atoms with E-state index in [9.17, 15) is 9.18 Å². The van der Waals surface area contributed by atoms with Crippen molar-refractivity contribution in [3.63, 3.8) is 0 Å². The average Bonchev–Trinajstić information content (AvgIpc) is 2.31. The fourth-order valence-electron chi connectivity index (χ4n) is 1.24. The number of amides is 2. The monoisotopic (exact) mass is 260 g/mol. The van der Waals surface area contributed by atoms with E-state index in [1.807, 2.05) is 0 Å². The van der Waals surface area contributed by atoms with Crippen molar-refractivity contribution in [2.24, 2.45) is 0 Å². The standard InChI is InChI=1S/C11H14ClFN2O2/c1-15(5-6-16)11(17)14-7-8-3-2-4-9(13)10(8)12/h2-4,16H,5-7H2,1H3,(H,14,17). The van der Waals surface area contributed by atoms with Gasteiger partial charge in [0.1, 0.15) is 5.82 Å². The van der Waals surface area contributed by atoms with E-state index in [1.54, 1.807) is 13.1 Å². The maximum Gasteiger partial charge on any atom is 0.317 e. The quantitative estimate of drug-likeness (QED) is 0.864. The van der Waals surface area contributed by atoms with Crippen LogP contribution < -0.4 is 5.32 Å². The number of rotatable bonds is 4. The Bertz CT molecular complexity index is 401. The number of likely N-dealkylation sites (N-methyl/N-ethyl adjacent to an activating group) is 1. The molecule has 0 aliphatic heterocycles. The molecule has 0 saturated heterocycles. The summed E-state index contributed by atoms with van der Waals surface area (Å²) < 4.78 is 13.1. The number of halogens is 2. The third-order valence-corrected chi connectivity index (χ3v) is 2.67. The Labute approximate surface area is 104 Å². The minimum atomic E-state index is -0.512. The van der Waals surface area contributed by atoms with Gasteiger partial charge < -0.3 is 15.3 Å². The Hall–Kier alpha value is -1.33. The van der Waals surface area contributed by atoms with Gasteiger partial charge in [-0.1, -0.05) is 23.7 Å². The maximum absolute atomic E-state index is 13.1. The van der Waals surface area contributed by atoms with Crippen molar-refractivity contribution in [1.29, 1.82) is 0 Å². The lowest BCUT2D eigenvalue weighted by atomic mass is 10.2. The molecule has 1 aromatic rings. The van der Waals surface area contributed by atoms with E-state index in [2.05, 4.69) is 5.32 Å². The van der Waals surface area contributed by atoms with Crippen molar-refractivity contribution in [1.82, 2.24) is 10.2 Å². The fourth-order valence-corrected chi connectivity index (χ4v) is 1.44. The number of carbonyl (C=O) groups is 1. The lowest BCUT2D eigenvalue weighted by Crippen LogP contribution is -2.38. The summed E-state index contributed by atoms with van der Waals surface area (Å²) in [4.78, 5) is 12.8. The Morgan fingerprint density at radius 2 is 2.29 bits per heavy atom. The van der Waals surface area contributed by atoms with Crippen molar-refractivity contribution in [3.8, 4) is 0 Å². The summed E-state index contributed by atoms with van der Waals surface area (Å²) >= 11 is 5.74. The summed E-state index contributed by atoms with van der Waals surface area (Å²) in [6.07, 6.45) is 0. The molecule has 17 heavy (non-hydrogen) atoms. The number of hydrogen-bond acceptors (Lipinski definition) is 2. The molecule has 0 aliphatic carbocycles. The summed E-state index contributed by atoms with van der Waals surface area (Å²) in [5, 5.41) is 11.2. The Morgan fingerprint density at radius 3 is 2.94 bits per heavy atom. The largest absolute Gasteiger partial charge is 0.395 e. The van der Waals surface area contributed by atoms with Gasteiger partial charge in [-0.3, -0.25) is 0 Å². The van der Waals surface area contributed by atoms with Gasteiger partial charge in [0.05, 0.1) is 11.6 Å². The molecule has 0 saturated carbocycles. The third-order valence-electron chi connectivity index (χ3n) is 2.24. The fraction of sp³-hybridized carbons (Fsp3) is 0.364. The molecule has 94 valence electrons. The van der Waals surface area contributed by atoms with Gasteiger partial charge in [0.25, 0.3) is 0 Å². The normalized spacial score (nSPS) is 10.1. The molecule has 0 aromatic heterocycles. The van der Waals surface area contributed by atoms with Crippen LogP contribution in [0, 0.1) is 5.82 Å². The van der Waals surface area contributed by atoms with Gasteiger partial charge in [0.2, 0.25) is 0 Å². The lowest BCUT2D eigenvalue weighted by molar-refractivity contribution is 0.190. The van der Waals surface area contributed by atoms with Crippen LogP contribution >= 0.6 is 11.6 Å². The summed E-state index contributed by atoms with van der Waals surface area (Å²) in [6.45, 7) is 0.276. The zero-order valence-corrected chi connectivity index (χ0v) is 10.2. The molecule has 2 amide bonds. The molecule has 6 heteroatoms. The first-order valence-electron chi connectivity index (χ1n) is 5.09. The third kappa shape index (κ3) is 3.87. The van der Waals surface area contributed by atoms with Crippen LogP contribution in [0.4, 0.5) is 9.18 Å². The molecule has 0 unspecified atom stereocenters. The number of nitrogens with one attached hydrogen (secondary N) is 1. The van der Waals surface area contributed by atoms with E-state index < -0.39 is 5.82 Å². The first-order chi connectivity index (χ1) is 8.06. The smallest absolute Gasteiger partial charge is 0.317 e. The summed E-state index contributed by atoms with van der Waals surface area (Å²) in [6, 6.07) is 4.07. The first-order valence-corrected chi connectivity index (χ1v) is 5.46. The second-order valence-corrected chi connectivity index (χ2v) is 3.89. The second kappa shape index (κ2) is 6.42. The summed E-state index contributed by atoms with van der Waals surface area (Å²) in [5.74, 6) is -0.512. The highest BCUT2D eigenvalue weighted by molar-refractivity contribution is 6.31. The van der Waals surface area contributed by atoms with Crippen LogP contribution in [-0.2, 0) is 6.54 Å². The first kappa shape index (κ1) is 13.7. The van der Waals surface area contributed by atoms with E-state index >= 15 is 0 Å². The minimum Gasteiger partial charge on any atom is -0.395 e. The molecule has 1 aromatic carbocycles. The molecule has 0 aliphatic rings. The minimum absolute atomic E-state index is 0.0117. The zero-order chi connectivity index (χ0) is 12.8. The average molecular weight is 261 g/mol. The van der Waals surface area contributed by atoms with Crippen molar-refractivity contribution in [2.45, 2.75) is 6.54 Å². The SMILES string of the molecule is CN(CCO)C(=O)NCc1cccc(F)c1Cl. The van der Waals surface area contributed by atoms with Gasteiger partial charge >= 0.3 is 6.03 Å². The van der Waals surface area contributed by atoms with Gasteiger partial charge in [0.15, 0.2) is 0 Å².